The number of hydrogen-bond donors (Lipinski definition) is 1. The van der Waals surface area contributed by atoms with Crippen LogP contribution in [0.15, 0.2) is 24.3 Å². The number of ether oxygens (including phenoxy) is 1. The molecule has 0 amide bonds. The Hall–Kier alpha value is -1.37. The lowest BCUT2D eigenvalue weighted by molar-refractivity contribution is 0.0722. The Morgan fingerprint density at radius 3 is 3.00 bits per heavy atom. The Balaban J connectivity index is 2.56. The van der Waals surface area contributed by atoms with Crippen LogP contribution in [-0.2, 0) is 16.9 Å². The molecule has 1 aromatic rings. The first-order valence-electron chi connectivity index (χ1n) is 4.12. The summed E-state index contributed by atoms with van der Waals surface area (Å²) in [5.74, 6) is 0. The van der Waals surface area contributed by atoms with Crippen LogP contribution < -0.4 is 5.73 Å². The second-order valence-electron chi connectivity index (χ2n) is 3.23. The van der Waals surface area contributed by atoms with E-state index >= 15 is 0 Å². The van der Waals surface area contributed by atoms with Crippen molar-refractivity contribution in [3.05, 3.63) is 35.4 Å². The van der Waals surface area contributed by atoms with Gasteiger partial charge in [-0.15, -0.1) is 0 Å². The summed E-state index contributed by atoms with van der Waals surface area (Å²) in [5.41, 5.74) is 6.82. The molecule has 1 aliphatic heterocycles. The standard InChI is InChI=1S/C10H10N2O/c11-6-10(12)7-13-5-8-3-1-2-4-9(8)10/h1-4H,5,7,12H2. The molecule has 1 aliphatic rings. The Morgan fingerprint density at radius 1 is 1.46 bits per heavy atom. The molecular formula is C10H10N2O. The van der Waals surface area contributed by atoms with E-state index in [0.29, 0.717) is 6.61 Å². The Morgan fingerprint density at radius 2 is 2.23 bits per heavy atom. The van der Waals surface area contributed by atoms with E-state index in [1.165, 1.54) is 0 Å². The summed E-state index contributed by atoms with van der Waals surface area (Å²) >= 11 is 0. The molecule has 13 heavy (non-hydrogen) atoms. The van der Waals surface area contributed by atoms with Gasteiger partial charge in [0.25, 0.3) is 0 Å². The maximum atomic E-state index is 8.94. The number of nitriles is 1. The maximum Gasteiger partial charge on any atom is 0.153 e. The van der Waals surface area contributed by atoms with Crippen LogP contribution in [-0.4, -0.2) is 6.61 Å². The smallest absolute Gasteiger partial charge is 0.153 e. The van der Waals surface area contributed by atoms with Gasteiger partial charge in [0.05, 0.1) is 19.3 Å². The van der Waals surface area contributed by atoms with Gasteiger partial charge in [-0.2, -0.15) is 5.26 Å². The minimum Gasteiger partial charge on any atom is -0.373 e. The Kier molecular flexibility index (Phi) is 1.80. The van der Waals surface area contributed by atoms with Crippen molar-refractivity contribution in [1.29, 1.82) is 5.26 Å². The quantitative estimate of drug-likeness (QED) is 0.635. The molecule has 1 aromatic carbocycles. The van der Waals surface area contributed by atoms with Crippen LogP contribution in [0, 0.1) is 11.3 Å². The van der Waals surface area contributed by atoms with Crippen LogP contribution in [0.3, 0.4) is 0 Å². The van der Waals surface area contributed by atoms with E-state index in [1.807, 2.05) is 24.3 Å². The molecule has 2 N–H and O–H groups in total. The lowest BCUT2D eigenvalue weighted by Gasteiger charge is -2.29. The molecule has 0 bridgehead atoms. The minimum absolute atomic E-state index is 0.278. The third kappa shape index (κ3) is 1.21. The second-order valence-corrected chi connectivity index (χ2v) is 3.23. The van der Waals surface area contributed by atoms with Crippen molar-refractivity contribution in [1.82, 2.24) is 0 Å². The predicted octanol–water partition coefficient (Wildman–Crippen LogP) is 0.894. The first kappa shape index (κ1) is 8.24. The molecule has 0 saturated heterocycles. The number of rotatable bonds is 0. The molecule has 3 heteroatoms. The molecule has 0 aliphatic carbocycles. The highest BCUT2D eigenvalue weighted by atomic mass is 16.5. The second kappa shape index (κ2) is 2.84. The highest BCUT2D eigenvalue weighted by Crippen LogP contribution is 2.27. The van der Waals surface area contributed by atoms with Gasteiger partial charge in [0.2, 0.25) is 0 Å². The normalized spacial score (nSPS) is 26.2. The van der Waals surface area contributed by atoms with E-state index in [1.54, 1.807) is 0 Å². The summed E-state index contributed by atoms with van der Waals surface area (Å²) in [7, 11) is 0. The molecule has 1 unspecified atom stereocenters. The van der Waals surface area contributed by atoms with Crippen molar-refractivity contribution in [2.24, 2.45) is 5.73 Å². The molecule has 3 nitrogen and oxygen atoms in total. The monoisotopic (exact) mass is 174 g/mol. The van der Waals surface area contributed by atoms with Gasteiger partial charge in [-0.1, -0.05) is 24.3 Å². The molecule has 0 saturated carbocycles. The van der Waals surface area contributed by atoms with Crippen molar-refractivity contribution in [2.45, 2.75) is 12.1 Å². The lowest BCUT2D eigenvalue weighted by Crippen LogP contribution is -2.43. The van der Waals surface area contributed by atoms with Gasteiger partial charge >= 0.3 is 0 Å². The zero-order chi connectivity index (χ0) is 9.31. The van der Waals surface area contributed by atoms with E-state index in [4.69, 9.17) is 15.7 Å². The Labute approximate surface area is 76.7 Å². The van der Waals surface area contributed by atoms with Crippen molar-refractivity contribution >= 4 is 0 Å². The third-order valence-electron chi connectivity index (χ3n) is 2.28. The highest BCUT2D eigenvalue weighted by molar-refractivity contribution is 5.39. The molecule has 1 atom stereocenters. The van der Waals surface area contributed by atoms with Gasteiger partial charge in [0, 0.05) is 0 Å². The highest BCUT2D eigenvalue weighted by Gasteiger charge is 2.33. The molecule has 1 heterocycles. The number of nitrogens with zero attached hydrogens (tertiary/aromatic N) is 1. The van der Waals surface area contributed by atoms with E-state index in [2.05, 4.69) is 6.07 Å². The predicted molar refractivity (Wildman–Crippen MR) is 47.6 cm³/mol. The van der Waals surface area contributed by atoms with Gasteiger partial charge in [0.15, 0.2) is 5.54 Å². The largest absolute Gasteiger partial charge is 0.373 e. The fourth-order valence-electron chi connectivity index (χ4n) is 1.57. The summed E-state index contributed by atoms with van der Waals surface area (Å²) in [6.45, 7) is 0.831. The van der Waals surface area contributed by atoms with E-state index < -0.39 is 5.54 Å². The molecule has 0 spiro atoms. The topological polar surface area (TPSA) is 59.0 Å². The van der Waals surface area contributed by atoms with Crippen LogP contribution in [0.4, 0.5) is 0 Å². The number of fused-ring (bicyclic) bond motifs is 1. The third-order valence-corrected chi connectivity index (χ3v) is 2.28. The van der Waals surface area contributed by atoms with Crippen LogP contribution in [0.2, 0.25) is 0 Å². The fourth-order valence-corrected chi connectivity index (χ4v) is 1.57. The minimum atomic E-state index is -0.963. The first-order chi connectivity index (χ1) is 6.26. The Bertz CT molecular complexity index is 369. The molecular weight excluding hydrogens is 164 g/mol. The number of nitrogens with two attached hydrogens (primary N) is 1. The zero-order valence-corrected chi connectivity index (χ0v) is 7.16. The van der Waals surface area contributed by atoms with Gasteiger partial charge < -0.3 is 10.5 Å². The van der Waals surface area contributed by atoms with Crippen molar-refractivity contribution in [3.63, 3.8) is 0 Å². The lowest BCUT2D eigenvalue weighted by atomic mass is 9.88. The average Bonchev–Trinajstić information content (AvgIpc) is 2.19. The van der Waals surface area contributed by atoms with Crippen LogP contribution in [0.1, 0.15) is 11.1 Å². The van der Waals surface area contributed by atoms with Crippen molar-refractivity contribution < 1.29 is 4.74 Å². The average molecular weight is 174 g/mol. The van der Waals surface area contributed by atoms with E-state index in [0.717, 1.165) is 11.1 Å². The molecule has 2 rings (SSSR count). The zero-order valence-electron chi connectivity index (χ0n) is 7.16. The molecule has 0 aromatic heterocycles. The van der Waals surface area contributed by atoms with Crippen molar-refractivity contribution in [3.8, 4) is 6.07 Å². The number of benzene rings is 1. The van der Waals surface area contributed by atoms with E-state index in [9.17, 15) is 0 Å². The maximum absolute atomic E-state index is 8.94. The van der Waals surface area contributed by atoms with Crippen LogP contribution >= 0.6 is 0 Å². The van der Waals surface area contributed by atoms with Crippen molar-refractivity contribution in [2.75, 3.05) is 6.61 Å². The molecule has 66 valence electrons. The molecule has 0 fully saturated rings. The summed E-state index contributed by atoms with van der Waals surface area (Å²) in [5, 5.41) is 8.94. The summed E-state index contributed by atoms with van der Waals surface area (Å²) in [6.07, 6.45) is 0. The summed E-state index contributed by atoms with van der Waals surface area (Å²) in [6, 6.07) is 9.73. The van der Waals surface area contributed by atoms with Gasteiger partial charge in [-0.25, -0.2) is 0 Å². The fraction of sp³-hybridized carbons (Fsp3) is 0.300. The number of hydrogen-bond acceptors (Lipinski definition) is 3. The summed E-state index contributed by atoms with van der Waals surface area (Å²) < 4.78 is 5.25. The van der Waals surface area contributed by atoms with Gasteiger partial charge in [0.1, 0.15) is 0 Å². The van der Waals surface area contributed by atoms with Gasteiger partial charge in [-0.05, 0) is 11.1 Å². The van der Waals surface area contributed by atoms with Crippen LogP contribution in [0.5, 0.6) is 0 Å². The molecule has 0 radical (unpaired) electrons. The van der Waals surface area contributed by atoms with Gasteiger partial charge in [-0.3, -0.25) is 0 Å². The van der Waals surface area contributed by atoms with E-state index in [-0.39, 0.29) is 6.61 Å². The van der Waals surface area contributed by atoms with Crippen LogP contribution in [0.25, 0.3) is 0 Å². The summed E-state index contributed by atoms with van der Waals surface area (Å²) in [4.78, 5) is 0. The first-order valence-corrected chi connectivity index (χ1v) is 4.12. The SMILES string of the molecule is N#CC1(N)COCc2ccccc21.